The molecule has 4 rings (SSSR count). The van der Waals surface area contributed by atoms with Gasteiger partial charge in [0.1, 0.15) is 17.3 Å². The Morgan fingerprint density at radius 3 is 2.82 bits per heavy atom. The molecule has 0 radical (unpaired) electrons. The first-order chi connectivity index (χ1) is 15.7. The Bertz CT molecular complexity index is 1310. The Morgan fingerprint density at radius 2 is 2.18 bits per heavy atom. The number of nitrogens with two attached hydrogens (primary N) is 1. The lowest BCUT2D eigenvalue weighted by Gasteiger charge is -2.18. The second kappa shape index (κ2) is 9.08. The summed E-state index contributed by atoms with van der Waals surface area (Å²) >= 11 is 6.14. The summed E-state index contributed by atoms with van der Waals surface area (Å²) in [7, 11) is -3.07. The van der Waals surface area contributed by atoms with Crippen LogP contribution in [0, 0.1) is 6.92 Å². The highest BCUT2D eigenvalue weighted by Crippen LogP contribution is 2.29. The van der Waals surface area contributed by atoms with E-state index in [1.165, 1.54) is 6.20 Å². The lowest BCUT2D eigenvalue weighted by Crippen LogP contribution is -2.22. The summed E-state index contributed by atoms with van der Waals surface area (Å²) in [6.07, 6.45) is 3.53. The second-order valence-electron chi connectivity index (χ2n) is 7.95. The minimum absolute atomic E-state index is 0.0138. The zero-order valence-electron chi connectivity index (χ0n) is 17.8. The van der Waals surface area contributed by atoms with Crippen LogP contribution in [0.2, 0.25) is 5.02 Å². The average Bonchev–Trinajstić information content (AvgIpc) is 3.33. The summed E-state index contributed by atoms with van der Waals surface area (Å²) in [5, 5.41) is 13.8. The van der Waals surface area contributed by atoms with E-state index in [-0.39, 0.29) is 35.8 Å². The van der Waals surface area contributed by atoms with Crippen molar-refractivity contribution < 1.29 is 18.3 Å². The molecule has 0 bridgehead atoms. The molecule has 1 saturated heterocycles. The number of aliphatic hydroxyl groups is 1. The van der Waals surface area contributed by atoms with Crippen LogP contribution in [0.4, 0.5) is 5.95 Å². The van der Waals surface area contributed by atoms with E-state index in [2.05, 4.69) is 20.3 Å². The van der Waals surface area contributed by atoms with Crippen molar-refractivity contribution in [1.82, 2.24) is 19.5 Å². The Kier molecular flexibility index (Phi) is 6.37. The van der Waals surface area contributed by atoms with Crippen molar-refractivity contribution in [1.29, 1.82) is 0 Å². The number of amides is 1. The molecule has 12 heteroatoms. The molecule has 1 aliphatic rings. The molecule has 4 N–H and O–H groups in total. The number of nitrogens with one attached hydrogen (secondary N) is 1. The molecule has 3 aromatic rings. The van der Waals surface area contributed by atoms with Crippen molar-refractivity contribution in [3.63, 3.8) is 0 Å². The van der Waals surface area contributed by atoms with Crippen LogP contribution < -0.4 is 11.1 Å². The maximum atomic E-state index is 11.9. The second-order valence-corrected chi connectivity index (χ2v) is 10.6. The number of hydrogen-bond acceptors (Lipinski definition) is 8. The van der Waals surface area contributed by atoms with Crippen molar-refractivity contribution in [3.8, 4) is 5.82 Å². The third kappa shape index (κ3) is 5.00. The molecule has 0 spiro atoms. The number of halogens is 1. The predicted molar refractivity (Wildman–Crippen MR) is 123 cm³/mol. The van der Waals surface area contributed by atoms with Crippen LogP contribution in [-0.2, 0) is 9.84 Å². The number of benzene rings is 1. The third-order valence-electron chi connectivity index (χ3n) is 5.47. The Morgan fingerprint density at radius 1 is 1.39 bits per heavy atom. The smallest absolute Gasteiger partial charge is 0.268 e. The number of primary amides is 1. The van der Waals surface area contributed by atoms with E-state index >= 15 is 0 Å². The lowest BCUT2D eigenvalue weighted by atomic mass is 9.99. The number of imidazole rings is 1. The number of nitrogens with zero attached hydrogens (tertiary/aromatic N) is 4. The van der Waals surface area contributed by atoms with Gasteiger partial charge < -0.3 is 16.2 Å². The fourth-order valence-electron chi connectivity index (χ4n) is 3.83. The van der Waals surface area contributed by atoms with Crippen molar-refractivity contribution in [2.45, 2.75) is 25.3 Å². The Balaban J connectivity index is 1.77. The molecule has 1 aromatic carbocycles. The number of sulfone groups is 1. The number of aromatic nitrogens is 4. The van der Waals surface area contributed by atoms with Crippen molar-refractivity contribution in [3.05, 3.63) is 64.3 Å². The Labute approximate surface area is 195 Å². The quantitative estimate of drug-likeness (QED) is 0.449. The summed E-state index contributed by atoms with van der Waals surface area (Å²) in [4.78, 5) is 25.1. The summed E-state index contributed by atoms with van der Waals surface area (Å²) in [6, 6.07) is 6.71. The molecule has 2 atom stereocenters. The van der Waals surface area contributed by atoms with Crippen molar-refractivity contribution in [2.24, 2.45) is 5.73 Å². The topological polar surface area (TPSA) is 153 Å². The van der Waals surface area contributed by atoms with E-state index < -0.39 is 21.7 Å². The van der Waals surface area contributed by atoms with Gasteiger partial charge in [-0.1, -0.05) is 23.7 Å². The van der Waals surface area contributed by atoms with Crippen LogP contribution in [0.3, 0.4) is 0 Å². The number of rotatable bonds is 7. The van der Waals surface area contributed by atoms with Gasteiger partial charge in [0.2, 0.25) is 5.95 Å². The lowest BCUT2D eigenvalue weighted by molar-refractivity contribution is 0.0995. The van der Waals surface area contributed by atoms with Crippen LogP contribution in [0.5, 0.6) is 0 Å². The summed E-state index contributed by atoms with van der Waals surface area (Å²) in [5.41, 5.74) is 6.87. The Hall–Kier alpha value is -3.02. The van der Waals surface area contributed by atoms with Gasteiger partial charge in [-0.05, 0) is 31.0 Å². The minimum Gasteiger partial charge on any atom is -0.395 e. The fourth-order valence-corrected chi connectivity index (χ4v) is 5.70. The highest BCUT2D eigenvalue weighted by molar-refractivity contribution is 7.91. The van der Waals surface area contributed by atoms with Crippen LogP contribution in [0.25, 0.3) is 5.82 Å². The molecule has 33 heavy (non-hydrogen) atoms. The first-order valence-corrected chi connectivity index (χ1v) is 12.4. The summed E-state index contributed by atoms with van der Waals surface area (Å²) < 4.78 is 25.2. The van der Waals surface area contributed by atoms with Gasteiger partial charge in [0.25, 0.3) is 5.91 Å². The van der Waals surface area contributed by atoms with Gasteiger partial charge in [-0.2, -0.15) is 4.98 Å². The zero-order chi connectivity index (χ0) is 23.8. The van der Waals surface area contributed by atoms with Gasteiger partial charge in [0, 0.05) is 29.0 Å². The highest BCUT2D eigenvalue weighted by Gasteiger charge is 2.29. The van der Waals surface area contributed by atoms with Gasteiger partial charge in [0.05, 0.1) is 24.0 Å². The molecule has 3 heterocycles. The number of carbonyl (C=O) groups is 1. The molecule has 1 unspecified atom stereocenters. The number of hydrogen-bond donors (Lipinski definition) is 3. The molecule has 1 amide bonds. The normalized spacial score (nSPS) is 18.2. The predicted octanol–water partition coefficient (Wildman–Crippen LogP) is 1.45. The largest absolute Gasteiger partial charge is 0.395 e. The number of anilines is 1. The maximum Gasteiger partial charge on any atom is 0.268 e. The van der Waals surface area contributed by atoms with Gasteiger partial charge in [-0.25, -0.2) is 18.4 Å². The molecular weight excluding hydrogens is 468 g/mol. The van der Waals surface area contributed by atoms with Crippen LogP contribution in [0.1, 0.15) is 39.8 Å². The molecule has 0 saturated carbocycles. The van der Waals surface area contributed by atoms with Crippen LogP contribution in [-0.4, -0.2) is 63.1 Å². The highest BCUT2D eigenvalue weighted by atomic mass is 35.5. The average molecular weight is 491 g/mol. The molecule has 1 aliphatic heterocycles. The first kappa shape index (κ1) is 23.1. The van der Waals surface area contributed by atoms with Crippen LogP contribution >= 0.6 is 11.6 Å². The summed E-state index contributed by atoms with van der Waals surface area (Å²) in [6.45, 7) is 1.49. The number of aryl methyl sites for hydroxylation is 1. The van der Waals surface area contributed by atoms with E-state index in [0.29, 0.717) is 34.2 Å². The first-order valence-electron chi connectivity index (χ1n) is 10.2. The van der Waals surface area contributed by atoms with E-state index in [0.717, 1.165) is 0 Å². The minimum atomic E-state index is -3.07. The van der Waals surface area contributed by atoms with E-state index in [1.807, 2.05) is 0 Å². The SMILES string of the molecule is Cc1cnc(NC2CCS(=O)(=O)C2)nc1-n1cc(C(N)=O)nc1[C@@H](CO)c1cccc(Cl)c1. The molecular formula is C21H23ClN6O4S. The standard InChI is InChI=1S/C21H23ClN6O4S/c1-12-8-24-21(25-15-5-6-33(31,32)11-15)27-19(12)28-9-17(18(23)30)26-20(28)16(10-29)13-3-2-4-14(22)7-13/h2-4,7-9,15-16,29H,5-6,10-11H2,1H3,(H2,23,30)(H,24,25,27)/t15?,16-/m0/s1. The third-order valence-corrected chi connectivity index (χ3v) is 7.47. The monoisotopic (exact) mass is 490 g/mol. The van der Waals surface area contributed by atoms with Gasteiger partial charge >= 0.3 is 0 Å². The molecule has 2 aromatic heterocycles. The van der Waals surface area contributed by atoms with Crippen LogP contribution in [0.15, 0.2) is 36.7 Å². The van der Waals surface area contributed by atoms with Crippen molar-refractivity contribution >= 4 is 33.3 Å². The van der Waals surface area contributed by atoms with Crippen molar-refractivity contribution in [2.75, 3.05) is 23.4 Å². The van der Waals surface area contributed by atoms with E-state index in [1.54, 1.807) is 42.0 Å². The maximum absolute atomic E-state index is 11.9. The molecule has 0 aliphatic carbocycles. The molecule has 174 valence electrons. The number of carbonyl (C=O) groups excluding carboxylic acids is 1. The van der Waals surface area contributed by atoms with E-state index in [4.69, 9.17) is 17.3 Å². The van der Waals surface area contributed by atoms with Gasteiger partial charge in [0.15, 0.2) is 9.84 Å². The van der Waals surface area contributed by atoms with Gasteiger partial charge in [-0.15, -0.1) is 0 Å². The number of aliphatic hydroxyl groups excluding tert-OH is 1. The molecule has 1 fully saturated rings. The summed E-state index contributed by atoms with van der Waals surface area (Å²) in [5.74, 6) is -0.172. The van der Waals surface area contributed by atoms with E-state index in [9.17, 15) is 18.3 Å². The molecule has 10 nitrogen and oxygen atoms in total. The zero-order valence-corrected chi connectivity index (χ0v) is 19.3. The van der Waals surface area contributed by atoms with Gasteiger partial charge in [-0.3, -0.25) is 9.36 Å². The fraction of sp³-hybridized carbons (Fsp3) is 0.333.